The topological polar surface area (TPSA) is 92.8 Å². The minimum absolute atomic E-state index is 0.230. The van der Waals surface area contributed by atoms with Crippen LogP contribution in [0.3, 0.4) is 0 Å². The van der Waals surface area contributed by atoms with Gasteiger partial charge >= 0.3 is 6.09 Å². The van der Waals surface area contributed by atoms with E-state index in [1.807, 2.05) is 20.0 Å². The number of hydrogen-bond donors (Lipinski definition) is 2. The first-order valence-electron chi connectivity index (χ1n) is 7.98. The molecule has 1 amide bonds. The number of nitrogens with one attached hydrogen (secondary N) is 1. The fourth-order valence-corrected chi connectivity index (χ4v) is 3.24. The lowest BCUT2D eigenvalue weighted by Crippen LogP contribution is -2.48. The Labute approximate surface area is 140 Å². The van der Waals surface area contributed by atoms with E-state index in [1.54, 1.807) is 16.2 Å². The van der Waals surface area contributed by atoms with E-state index >= 15 is 0 Å². The van der Waals surface area contributed by atoms with Crippen LogP contribution in [0.2, 0.25) is 0 Å². The molecule has 1 aromatic heterocycles. The Morgan fingerprint density at radius 2 is 2.30 bits per heavy atom. The molecule has 2 rings (SSSR count). The van der Waals surface area contributed by atoms with E-state index in [1.165, 1.54) is 4.88 Å². The maximum absolute atomic E-state index is 11.6. The number of nitrogens with two attached hydrogens (primary N) is 1. The van der Waals surface area contributed by atoms with Crippen molar-refractivity contribution in [2.24, 2.45) is 10.7 Å². The summed E-state index contributed by atoms with van der Waals surface area (Å²) in [6.45, 7) is 6.27. The van der Waals surface area contributed by atoms with Gasteiger partial charge in [0.1, 0.15) is 0 Å². The van der Waals surface area contributed by atoms with Gasteiger partial charge in [-0.15, -0.1) is 11.3 Å². The number of carbonyl (C=O) groups excluding carboxylic acids is 1. The molecule has 2 heterocycles. The number of aryl methyl sites for hydroxylation is 1. The molecule has 3 N–H and O–H groups in total. The average Bonchev–Trinajstić information content (AvgIpc) is 2.93. The lowest BCUT2D eigenvalue weighted by Gasteiger charge is -2.31. The zero-order valence-electron chi connectivity index (χ0n) is 13.7. The van der Waals surface area contributed by atoms with Crippen molar-refractivity contribution in [3.05, 3.63) is 16.1 Å². The summed E-state index contributed by atoms with van der Waals surface area (Å²) >= 11 is 1.69. The molecule has 0 aromatic carbocycles. The van der Waals surface area contributed by atoms with Gasteiger partial charge in [-0.3, -0.25) is 4.99 Å². The van der Waals surface area contributed by atoms with Gasteiger partial charge in [0, 0.05) is 43.2 Å². The summed E-state index contributed by atoms with van der Waals surface area (Å²) in [4.78, 5) is 23.2. The molecule has 23 heavy (non-hydrogen) atoms. The molecule has 1 fully saturated rings. The molecule has 8 heteroatoms. The number of nitrogens with zero attached hydrogens (tertiary/aromatic N) is 3. The third-order valence-corrected chi connectivity index (χ3v) is 4.62. The highest BCUT2D eigenvalue weighted by atomic mass is 32.1. The van der Waals surface area contributed by atoms with Crippen molar-refractivity contribution in [2.45, 2.75) is 39.2 Å². The summed E-state index contributed by atoms with van der Waals surface area (Å²) < 4.78 is 5.01. The highest BCUT2D eigenvalue weighted by Gasteiger charge is 2.23. The van der Waals surface area contributed by atoms with Crippen LogP contribution in [0, 0.1) is 6.92 Å². The van der Waals surface area contributed by atoms with Crippen LogP contribution >= 0.6 is 11.3 Å². The van der Waals surface area contributed by atoms with Crippen molar-refractivity contribution in [3.8, 4) is 0 Å². The van der Waals surface area contributed by atoms with Gasteiger partial charge in [-0.1, -0.05) is 0 Å². The monoisotopic (exact) mass is 339 g/mol. The van der Waals surface area contributed by atoms with Gasteiger partial charge in [0.15, 0.2) is 5.96 Å². The largest absolute Gasteiger partial charge is 0.450 e. The quantitative estimate of drug-likeness (QED) is 0.627. The van der Waals surface area contributed by atoms with Gasteiger partial charge in [0.05, 0.1) is 11.6 Å². The van der Waals surface area contributed by atoms with Crippen molar-refractivity contribution in [3.63, 3.8) is 0 Å². The van der Waals surface area contributed by atoms with E-state index in [-0.39, 0.29) is 12.1 Å². The maximum atomic E-state index is 11.6. The van der Waals surface area contributed by atoms with E-state index in [4.69, 9.17) is 10.5 Å². The van der Waals surface area contributed by atoms with Gasteiger partial charge in [0.2, 0.25) is 0 Å². The van der Waals surface area contributed by atoms with Gasteiger partial charge in [0.25, 0.3) is 0 Å². The van der Waals surface area contributed by atoms with Crippen molar-refractivity contribution >= 4 is 23.4 Å². The van der Waals surface area contributed by atoms with Gasteiger partial charge in [-0.25, -0.2) is 9.78 Å². The van der Waals surface area contributed by atoms with Crippen molar-refractivity contribution in [1.29, 1.82) is 0 Å². The summed E-state index contributed by atoms with van der Waals surface area (Å²) in [7, 11) is 0. The number of hydrogen-bond acceptors (Lipinski definition) is 5. The number of piperidine rings is 1. The van der Waals surface area contributed by atoms with E-state index in [9.17, 15) is 4.79 Å². The van der Waals surface area contributed by atoms with E-state index < -0.39 is 0 Å². The first kappa shape index (κ1) is 17.5. The zero-order chi connectivity index (χ0) is 16.7. The Bertz CT molecular complexity index is 538. The second kappa shape index (κ2) is 8.71. The van der Waals surface area contributed by atoms with E-state index in [2.05, 4.69) is 15.3 Å². The number of carbonyl (C=O) groups is 1. The molecule has 1 aliphatic rings. The Hall–Kier alpha value is -1.83. The molecule has 0 atom stereocenters. The van der Waals surface area contributed by atoms with Crippen LogP contribution in [0.5, 0.6) is 0 Å². The number of guanidine groups is 1. The SMILES string of the molecule is CCOC(=O)N1CCC(NC(N)=NCCc2ncc(C)s2)CC1. The van der Waals surface area contributed by atoms with Crippen molar-refractivity contribution in [1.82, 2.24) is 15.2 Å². The van der Waals surface area contributed by atoms with Gasteiger partial charge in [-0.2, -0.15) is 0 Å². The Morgan fingerprint density at radius 3 is 2.91 bits per heavy atom. The zero-order valence-corrected chi connectivity index (χ0v) is 14.6. The molecular weight excluding hydrogens is 314 g/mol. The highest BCUT2D eigenvalue weighted by Crippen LogP contribution is 2.12. The second-order valence-corrected chi connectivity index (χ2v) is 6.81. The fraction of sp³-hybridized carbons (Fsp3) is 0.667. The molecule has 0 saturated carbocycles. The summed E-state index contributed by atoms with van der Waals surface area (Å²) in [6.07, 6.45) is 4.15. The molecule has 7 nitrogen and oxygen atoms in total. The highest BCUT2D eigenvalue weighted by molar-refractivity contribution is 7.11. The Morgan fingerprint density at radius 1 is 1.57 bits per heavy atom. The number of rotatable bonds is 5. The Balaban J connectivity index is 1.68. The van der Waals surface area contributed by atoms with Crippen LogP contribution < -0.4 is 11.1 Å². The number of aromatic nitrogens is 1. The number of ether oxygens (including phenoxy) is 1. The molecular formula is C15H25N5O2S. The summed E-state index contributed by atoms with van der Waals surface area (Å²) in [6, 6.07) is 0.256. The maximum Gasteiger partial charge on any atom is 0.409 e. The molecule has 128 valence electrons. The first-order valence-corrected chi connectivity index (χ1v) is 8.79. The first-order chi connectivity index (χ1) is 11.1. The molecule has 0 aliphatic carbocycles. The van der Waals surface area contributed by atoms with Crippen LogP contribution in [0.1, 0.15) is 29.7 Å². The van der Waals surface area contributed by atoms with Gasteiger partial charge in [-0.05, 0) is 26.7 Å². The molecule has 1 saturated heterocycles. The third kappa shape index (κ3) is 5.70. The summed E-state index contributed by atoms with van der Waals surface area (Å²) in [5.74, 6) is 0.466. The van der Waals surface area contributed by atoms with Crippen LogP contribution in [-0.2, 0) is 11.2 Å². The number of amides is 1. The average molecular weight is 339 g/mol. The normalized spacial score (nSPS) is 16.4. The molecule has 0 bridgehead atoms. The molecule has 0 spiro atoms. The van der Waals surface area contributed by atoms with E-state index in [0.29, 0.717) is 32.2 Å². The summed E-state index contributed by atoms with van der Waals surface area (Å²) in [5, 5.41) is 4.32. The number of likely N-dealkylation sites (tertiary alicyclic amines) is 1. The molecule has 1 aromatic rings. The standard InChI is InChI=1S/C15H25N5O2S/c1-3-22-15(21)20-8-5-12(6-9-20)19-14(16)17-7-4-13-18-10-11(2)23-13/h10,12H,3-9H2,1-2H3,(H3,16,17,19). The predicted molar refractivity (Wildman–Crippen MR) is 91.8 cm³/mol. The molecule has 0 unspecified atom stereocenters. The van der Waals surface area contributed by atoms with Crippen molar-refractivity contribution < 1.29 is 9.53 Å². The van der Waals surface area contributed by atoms with Gasteiger partial charge < -0.3 is 20.7 Å². The molecule has 1 aliphatic heterocycles. The Kier molecular flexibility index (Phi) is 6.64. The smallest absolute Gasteiger partial charge is 0.409 e. The minimum atomic E-state index is -0.230. The number of aliphatic imine (C=N–C) groups is 1. The second-order valence-electron chi connectivity index (χ2n) is 5.49. The predicted octanol–water partition coefficient (Wildman–Crippen LogP) is 1.52. The van der Waals surface area contributed by atoms with Crippen LogP contribution in [0.15, 0.2) is 11.2 Å². The lowest BCUT2D eigenvalue weighted by molar-refractivity contribution is 0.0963. The van der Waals surface area contributed by atoms with Crippen LogP contribution in [-0.4, -0.2) is 54.2 Å². The number of thiazole rings is 1. The third-order valence-electron chi connectivity index (χ3n) is 3.65. The lowest BCUT2D eigenvalue weighted by atomic mass is 10.1. The van der Waals surface area contributed by atoms with Crippen molar-refractivity contribution in [2.75, 3.05) is 26.2 Å². The minimum Gasteiger partial charge on any atom is -0.450 e. The fourth-order valence-electron chi connectivity index (χ4n) is 2.46. The summed E-state index contributed by atoms with van der Waals surface area (Å²) in [5.41, 5.74) is 5.93. The molecule has 0 radical (unpaired) electrons. The van der Waals surface area contributed by atoms with E-state index in [0.717, 1.165) is 24.3 Å². The van der Waals surface area contributed by atoms with Crippen LogP contribution in [0.25, 0.3) is 0 Å². The van der Waals surface area contributed by atoms with Crippen LogP contribution in [0.4, 0.5) is 4.79 Å².